The monoisotopic (exact) mass is 248 g/mol. The zero-order valence-corrected chi connectivity index (χ0v) is 8.69. The Bertz CT molecular complexity index is 448. The Kier molecular flexibility index (Phi) is 2.82. The maximum absolute atomic E-state index is 12.2. The first-order chi connectivity index (χ1) is 7.55. The molecule has 4 nitrogen and oxygen atoms in total. The lowest BCUT2D eigenvalue weighted by atomic mass is 10.4. The van der Waals surface area contributed by atoms with Gasteiger partial charge in [0.05, 0.1) is 18.4 Å². The van der Waals surface area contributed by atoms with Crippen LogP contribution >= 0.6 is 11.3 Å². The fraction of sp³-hybridized carbons (Fsp3) is 0.250. The van der Waals surface area contributed by atoms with E-state index in [1.165, 1.54) is 0 Å². The minimum absolute atomic E-state index is 0.238. The summed E-state index contributed by atoms with van der Waals surface area (Å²) >= 11 is 0.580. The topological polar surface area (TPSA) is 53.6 Å². The SMILES string of the molecule is FC(F)(F)c1cnc(NCc2ccn[nH]2)s1. The highest BCUT2D eigenvalue weighted by molar-refractivity contribution is 7.15. The summed E-state index contributed by atoms with van der Waals surface area (Å²) in [5.41, 5.74) is 0.781. The summed E-state index contributed by atoms with van der Waals surface area (Å²) in [7, 11) is 0. The summed E-state index contributed by atoms with van der Waals surface area (Å²) in [5, 5.41) is 9.42. The molecule has 0 radical (unpaired) electrons. The first-order valence-corrected chi connectivity index (χ1v) is 5.12. The molecule has 2 aromatic heterocycles. The molecule has 0 atom stereocenters. The highest BCUT2D eigenvalue weighted by atomic mass is 32.1. The van der Waals surface area contributed by atoms with Crippen molar-refractivity contribution in [3.05, 3.63) is 29.0 Å². The Balaban J connectivity index is 1.98. The Morgan fingerprint density at radius 2 is 2.25 bits per heavy atom. The quantitative estimate of drug-likeness (QED) is 0.877. The highest BCUT2D eigenvalue weighted by Crippen LogP contribution is 2.34. The van der Waals surface area contributed by atoms with E-state index >= 15 is 0 Å². The van der Waals surface area contributed by atoms with Crippen molar-refractivity contribution >= 4 is 16.5 Å². The second-order valence-corrected chi connectivity index (χ2v) is 3.99. The van der Waals surface area contributed by atoms with E-state index in [0.29, 0.717) is 17.9 Å². The Morgan fingerprint density at radius 3 is 2.81 bits per heavy atom. The number of aromatic amines is 1. The third-order valence-electron chi connectivity index (χ3n) is 1.77. The van der Waals surface area contributed by atoms with Gasteiger partial charge in [0, 0.05) is 6.20 Å². The smallest absolute Gasteiger partial charge is 0.356 e. The van der Waals surface area contributed by atoms with Crippen LogP contribution in [-0.4, -0.2) is 15.2 Å². The van der Waals surface area contributed by atoms with Crippen molar-refractivity contribution in [3.63, 3.8) is 0 Å². The fourth-order valence-electron chi connectivity index (χ4n) is 1.04. The third kappa shape index (κ3) is 2.51. The van der Waals surface area contributed by atoms with Crippen molar-refractivity contribution in [1.82, 2.24) is 15.2 Å². The van der Waals surface area contributed by atoms with E-state index in [1.54, 1.807) is 12.3 Å². The number of thiazole rings is 1. The van der Waals surface area contributed by atoms with Gasteiger partial charge < -0.3 is 5.32 Å². The molecule has 0 spiro atoms. The summed E-state index contributed by atoms with van der Waals surface area (Å²) in [5.74, 6) is 0. The molecule has 16 heavy (non-hydrogen) atoms. The Morgan fingerprint density at radius 1 is 1.44 bits per heavy atom. The average molecular weight is 248 g/mol. The van der Waals surface area contributed by atoms with Crippen molar-refractivity contribution in [2.45, 2.75) is 12.7 Å². The first-order valence-electron chi connectivity index (χ1n) is 4.31. The Labute approximate surface area is 92.5 Å². The molecule has 8 heteroatoms. The molecule has 0 unspecified atom stereocenters. The number of hydrogen-bond donors (Lipinski definition) is 2. The molecule has 0 amide bonds. The van der Waals surface area contributed by atoms with Crippen molar-refractivity contribution in [2.24, 2.45) is 0 Å². The van der Waals surface area contributed by atoms with Gasteiger partial charge in [0.1, 0.15) is 4.88 Å². The molecule has 0 saturated heterocycles. The van der Waals surface area contributed by atoms with Gasteiger partial charge in [-0.2, -0.15) is 18.3 Å². The van der Waals surface area contributed by atoms with Gasteiger partial charge in [-0.05, 0) is 6.07 Å². The maximum atomic E-state index is 12.2. The number of H-pyrrole nitrogens is 1. The molecule has 0 aliphatic rings. The summed E-state index contributed by atoms with van der Waals surface area (Å²) in [6.45, 7) is 0.366. The number of nitrogens with one attached hydrogen (secondary N) is 2. The predicted octanol–water partition coefficient (Wildman–Crippen LogP) is 2.50. The number of hydrogen-bond acceptors (Lipinski definition) is 4. The molecule has 86 valence electrons. The van der Waals surface area contributed by atoms with Crippen LogP contribution in [0.25, 0.3) is 0 Å². The van der Waals surface area contributed by atoms with E-state index in [2.05, 4.69) is 20.5 Å². The number of alkyl halides is 3. The third-order valence-corrected chi connectivity index (χ3v) is 2.77. The number of anilines is 1. The molecule has 2 aromatic rings. The molecular weight excluding hydrogens is 241 g/mol. The molecule has 0 fully saturated rings. The zero-order valence-electron chi connectivity index (χ0n) is 7.88. The lowest BCUT2D eigenvalue weighted by Gasteiger charge is -2.00. The lowest BCUT2D eigenvalue weighted by molar-refractivity contribution is -0.134. The van der Waals surface area contributed by atoms with E-state index in [1.807, 2.05) is 0 Å². The van der Waals surface area contributed by atoms with Crippen LogP contribution < -0.4 is 5.32 Å². The summed E-state index contributed by atoms with van der Waals surface area (Å²) in [6.07, 6.45) is -1.94. The van der Waals surface area contributed by atoms with Crippen molar-refractivity contribution < 1.29 is 13.2 Å². The van der Waals surface area contributed by atoms with E-state index in [9.17, 15) is 13.2 Å². The van der Waals surface area contributed by atoms with Crippen LogP contribution in [0, 0.1) is 0 Å². The summed E-state index contributed by atoms with van der Waals surface area (Å²) in [6, 6.07) is 1.73. The van der Waals surface area contributed by atoms with Crippen LogP contribution in [0.3, 0.4) is 0 Å². The Hall–Kier alpha value is -1.57. The first kappa shape index (κ1) is 10.9. The van der Waals surface area contributed by atoms with E-state index in [4.69, 9.17) is 0 Å². The van der Waals surface area contributed by atoms with Crippen LogP contribution in [0.4, 0.5) is 18.3 Å². The number of halogens is 3. The van der Waals surface area contributed by atoms with Crippen molar-refractivity contribution in [3.8, 4) is 0 Å². The highest BCUT2D eigenvalue weighted by Gasteiger charge is 2.33. The van der Waals surface area contributed by atoms with Crippen LogP contribution in [0.2, 0.25) is 0 Å². The number of aromatic nitrogens is 3. The second kappa shape index (κ2) is 4.12. The molecule has 0 bridgehead atoms. The summed E-state index contributed by atoms with van der Waals surface area (Å²) < 4.78 is 36.7. The van der Waals surface area contributed by atoms with Gasteiger partial charge in [-0.25, -0.2) is 4.98 Å². The predicted molar refractivity (Wildman–Crippen MR) is 53.0 cm³/mol. The largest absolute Gasteiger partial charge is 0.427 e. The second-order valence-electron chi connectivity index (χ2n) is 2.96. The van der Waals surface area contributed by atoms with E-state index < -0.39 is 11.1 Å². The van der Waals surface area contributed by atoms with Gasteiger partial charge in [0.2, 0.25) is 0 Å². The zero-order chi connectivity index (χ0) is 11.6. The average Bonchev–Trinajstić information content (AvgIpc) is 2.85. The van der Waals surface area contributed by atoms with Crippen molar-refractivity contribution in [1.29, 1.82) is 0 Å². The van der Waals surface area contributed by atoms with E-state index in [0.717, 1.165) is 11.9 Å². The molecule has 0 saturated carbocycles. The molecular formula is C8H7F3N4S. The standard InChI is InChI=1S/C8H7F3N4S/c9-8(10,11)6-4-13-7(16-6)12-3-5-1-2-14-15-5/h1-2,4H,3H2,(H,12,13)(H,14,15). The van der Waals surface area contributed by atoms with Crippen molar-refractivity contribution in [2.75, 3.05) is 5.32 Å². The minimum atomic E-state index is -4.33. The van der Waals surface area contributed by atoms with Gasteiger partial charge in [-0.15, -0.1) is 0 Å². The summed E-state index contributed by atoms with van der Waals surface area (Å²) in [4.78, 5) is 2.93. The molecule has 0 aliphatic heterocycles. The van der Waals surface area contributed by atoms with Crippen LogP contribution in [0.15, 0.2) is 18.5 Å². The lowest BCUT2D eigenvalue weighted by Crippen LogP contribution is -2.00. The molecule has 0 aromatic carbocycles. The van der Waals surface area contributed by atoms with E-state index in [-0.39, 0.29) is 5.13 Å². The molecule has 2 heterocycles. The molecule has 2 N–H and O–H groups in total. The minimum Gasteiger partial charge on any atom is -0.356 e. The van der Waals surface area contributed by atoms with Crippen LogP contribution in [0.1, 0.15) is 10.6 Å². The molecule has 2 rings (SSSR count). The van der Waals surface area contributed by atoms with Gasteiger partial charge in [0.15, 0.2) is 5.13 Å². The maximum Gasteiger partial charge on any atom is 0.427 e. The normalized spacial score (nSPS) is 11.7. The number of rotatable bonds is 3. The van der Waals surface area contributed by atoms with Crippen LogP contribution in [-0.2, 0) is 12.7 Å². The fourth-order valence-corrected chi connectivity index (χ4v) is 1.72. The van der Waals surface area contributed by atoms with Crippen LogP contribution in [0.5, 0.6) is 0 Å². The number of nitrogens with zero attached hydrogens (tertiary/aromatic N) is 2. The van der Waals surface area contributed by atoms with Gasteiger partial charge in [-0.3, -0.25) is 5.10 Å². The van der Waals surface area contributed by atoms with Gasteiger partial charge >= 0.3 is 6.18 Å². The van der Waals surface area contributed by atoms with Gasteiger partial charge in [0.25, 0.3) is 0 Å². The molecule has 0 aliphatic carbocycles. The van der Waals surface area contributed by atoms with Gasteiger partial charge in [-0.1, -0.05) is 11.3 Å².